The lowest BCUT2D eigenvalue weighted by atomic mass is 10.0. The van der Waals surface area contributed by atoms with E-state index in [9.17, 15) is 9.59 Å². The minimum Gasteiger partial charge on any atom is -0.355 e. The zero-order valence-electron chi connectivity index (χ0n) is 22.4. The van der Waals surface area contributed by atoms with Crippen LogP contribution in [0.5, 0.6) is 0 Å². The summed E-state index contributed by atoms with van der Waals surface area (Å²) in [6.45, 7) is 13.2. The molecule has 2 aliphatic heterocycles. The van der Waals surface area contributed by atoms with Crippen molar-refractivity contribution in [1.29, 1.82) is 0 Å². The van der Waals surface area contributed by atoms with Gasteiger partial charge in [-0.05, 0) is 55.9 Å². The highest BCUT2D eigenvalue weighted by molar-refractivity contribution is 6.33. The smallest absolute Gasteiger partial charge is 0.355 e. The van der Waals surface area contributed by atoms with Gasteiger partial charge in [0, 0.05) is 38.8 Å². The van der Waals surface area contributed by atoms with Gasteiger partial charge in [-0.3, -0.25) is 4.79 Å². The maximum absolute atomic E-state index is 13.8. The second-order valence-corrected chi connectivity index (χ2v) is 10.9. The van der Waals surface area contributed by atoms with Gasteiger partial charge in [0.2, 0.25) is 5.91 Å². The number of aromatic nitrogens is 3. The Morgan fingerprint density at radius 1 is 1.08 bits per heavy atom. The monoisotopic (exact) mass is 534 g/mol. The Balaban J connectivity index is 1.72. The van der Waals surface area contributed by atoms with Crippen LogP contribution in [0.1, 0.15) is 51.5 Å². The van der Waals surface area contributed by atoms with Crippen molar-refractivity contribution in [3.8, 4) is 5.69 Å². The molecule has 0 aliphatic carbocycles. The third-order valence-corrected chi connectivity index (χ3v) is 7.90. The number of amides is 1. The predicted molar refractivity (Wildman–Crippen MR) is 154 cm³/mol. The Kier molecular flexibility index (Phi) is 7.43. The van der Waals surface area contributed by atoms with Crippen molar-refractivity contribution in [3.05, 3.63) is 64.1 Å². The number of nitrogens with zero attached hydrogens (tertiary/aromatic N) is 6. The maximum atomic E-state index is 13.8. The first-order valence-electron chi connectivity index (χ1n) is 13.5. The third kappa shape index (κ3) is 4.77. The van der Waals surface area contributed by atoms with Gasteiger partial charge in [0.1, 0.15) is 11.6 Å². The van der Waals surface area contributed by atoms with Crippen LogP contribution in [0, 0.1) is 0 Å². The molecule has 0 radical (unpaired) electrons. The summed E-state index contributed by atoms with van der Waals surface area (Å²) in [5.41, 5.74) is 2.00. The Labute approximate surface area is 228 Å². The fourth-order valence-corrected chi connectivity index (χ4v) is 5.91. The van der Waals surface area contributed by atoms with Gasteiger partial charge < -0.3 is 14.7 Å². The molecule has 0 bridgehead atoms. The Morgan fingerprint density at radius 2 is 1.82 bits per heavy atom. The number of pyridine rings is 1. The summed E-state index contributed by atoms with van der Waals surface area (Å²) in [5, 5.41) is 1.28. The zero-order valence-corrected chi connectivity index (χ0v) is 23.1. The molecule has 0 N–H and O–H groups in total. The number of hydrogen-bond acceptors (Lipinski definition) is 6. The van der Waals surface area contributed by atoms with Gasteiger partial charge in [0.25, 0.3) is 0 Å². The van der Waals surface area contributed by atoms with Crippen molar-refractivity contribution in [1.82, 2.24) is 19.4 Å². The molecule has 0 spiro atoms. The molecule has 1 atom stereocenters. The number of halogens is 1. The molecule has 200 valence electrons. The molecule has 38 heavy (non-hydrogen) atoms. The summed E-state index contributed by atoms with van der Waals surface area (Å²) in [6.07, 6.45) is 4.72. The topological polar surface area (TPSA) is 74.6 Å². The van der Waals surface area contributed by atoms with E-state index in [1.54, 1.807) is 9.47 Å². The largest absolute Gasteiger partial charge is 0.355 e. The fraction of sp³-hybridized carbons (Fsp3) is 0.448. The van der Waals surface area contributed by atoms with E-state index in [0.29, 0.717) is 41.9 Å². The van der Waals surface area contributed by atoms with Crippen molar-refractivity contribution in [2.24, 2.45) is 0 Å². The van der Waals surface area contributed by atoms with Gasteiger partial charge in [0.05, 0.1) is 16.1 Å². The lowest BCUT2D eigenvalue weighted by Gasteiger charge is -2.40. The van der Waals surface area contributed by atoms with Crippen molar-refractivity contribution in [2.45, 2.75) is 52.0 Å². The second kappa shape index (κ2) is 10.8. The van der Waals surface area contributed by atoms with Crippen molar-refractivity contribution >= 4 is 40.2 Å². The first kappa shape index (κ1) is 26.2. The van der Waals surface area contributed by atoms with Crippen LogP contribution in [0.15, 0.2) is 47.8 Å². The Morgan fingerprint density at radius 3 is 2.50 bits per heavy atom. The van der Waals surface area contributed by atoms with Gasteiger partial charge in [0.15, 0.2) is 5.65 Å². The molecule has 2 saturated heterocycles. The van der Waals surface area contributed by atoms with E-state index in [1.807, 2.05) is 37.3 Å². The Bertz CT molecular complexity index is 1430. The highest BCUT2D eigenvalue weighted by Crippen LogP contribution is 2.35. The average molecular weight is 535 g/mol. The van der Waals surface area contributed by atoms with Gasteiger partial charge in [-0.2, -0.15) is 4.98 Å². The van der Waals surface area contributed by atoms with Crippen LogP contribution in [-0.2, 0) is 4.79 Å². The second-order valence-electron chi connectivity index (χ2n) is 10.5. The van der Waals surface area contributed by atoms with E-state index in [4.69, 9.17) is 16.6 Å². The number of piperazine rings is 1. The molecule has 4 heterocycles. The molecule has 5 rings (SSSR count). The number of fused-ring (bicyclic) bond motifs is 1. The number of para-hydroxylation sites is 1. The Hall–Kier alpha value is -3.39. The molecule has 9 heteroatoms. The number of benzene rings is 1. The molecule has 2 fully saturated rings. The molecule has 0 saturated carbocycles. The van der Waals surface area contributed by atoms with Crippen LogP contribution in [-0.4, -0.2) is 64.1 Å². The van der Waals surface area contributed by atoms with Gasteiger partial charge in [-0.1, -0.05) is 50.2 Å². The molecule has 2 aromatic heterocycles. The zero-order chi connectivity index (χ0) is 27.0. The summed E-state index contributed by atoms with van der Waals surface area (Å²) in [4.78, 5) is 41.9. The summed E-state index contributed by atoms with van der Waals surface area (Å²) in [7, 11) is 0. The standard InChI is InChI=1S/C29H35ClN6O2/c1-5-25(37)34-15-16-35(20(4)18-34)26-22-17-23(30)28(33-13-9-6-10-14-33)31-27(22)36(29(38)32-26)24-12-8-7-11-21(24)19(2)3/h5,7-8,11-12,17,19-20H,1,6,9-10,13-16,18H2,2-4H3/t20-/m0/s1. The van der Waals surface area contributed by atoms with Crippen LogP contribution in [0.4, 0.5) is 11.6 Å². The molecule has 1 aromatic carbocycles. The van der Waals surface area contributed by atoms with E-state index in [0.717, 1.165) is 42.6 Å². The number of piperidine rings is 1. The highest BCUT2D eigenvalue weighted by Gasteiger charge is 2.30. The van der Waals surface area contributed by atoms with Crippen molar-refractivity contribution in [3.63, 3.8) is 0 Å². The summed E-state index contributed by atoms with van der Waals surface area (Å²) in [5.74, 6) is 1.38. The summed E-state index contributed by atoms with van der Waals surface area (Å²) < 4.78 is 1.64. The van der Waals surface area contributed by atoms with E-state index in [2.05, 4.69) is 35.2 Å². The van der Waals surface area contributed by atoms with E-state index < -0.39 is 0 Å². The van der Waals surface area contributed by atoms with Gasteiger partial charge >= 0.3 is 5.69 Å². The molecule has 3 aromatic rings. The van der Waals surface area contributed by atoms with Crippen LogP contribution in [0.2, 0.25) is 5.02 Å². The number of hydrogen-bond donors (Lipinski definition) is 0. The maximum Gasteiger partial charge on any atom is 0.355 e. The van der Waals surface area contributed by atoms with Crippen molar-refractivity contribution < 1.29 is 4.79 Å². The quantitative estimate of drug-likeness (QED) is 0.439. The van der Waals surface area contributed by atoms with Crippen LogP contribution in [0.3, 0.4) is 0 Å². The van der Waals surface area contributed by atoms with E-state index in [-0.39, 0.29) is 23.6 Å². The third-order valence-electron chi connectivity index (χ3n) is 7.62. The van der Waals surface area contributed by atoms with Crippen molar-refractivity contribution in [2.75, 3.05) is 42.5 Å². The summed E-state index contributed by atoms with van der Waals surface area (Å²) >= 11 is 6.89. The lowest BCUT2D eigenvalue weighted by molar-refractivity contribution is -0.126. The normalized spacial score (nSPS) is 18.3. The highest BCUT2D eigenvalue weighted by atomic mass is 35.5. The molecular weight excluding hydrogens is 500 g/mol. The SMILES string of the molecule is C=CC(=O)N1CCN(c2nc(=O)n(-c3ccccc3C(C)C)c3nc(N4CCCCC4)c(Cl)cc23)[C@@H](C)C1. The number of anilines is 2. The van der Waals surface area contributed by atoms with Gasteiger partial charge in [-0.15, -0.1) is 0 Å². The minimum absolute atomic E-state index is 0.0536. The van der Waals surface area contributed by atoms with E-state index >= 15 is 0 Å². The first-order chi connectivity index (χ1) is 18.3. The molecular formula is C29H35ClN6O2. The fourth-order valence-electron chi connectivity index (χ4n) is 5.64. The molecule has 1 amide bonds. The first-order valence-corrected chi connectivity index (χ1v) is 13.8. The predicted octanol–water partition coefficient (Wildman–Crippen LogP) is 4.77. The number of rotatable bonds is 5. The van der Waals surface area contributed by atoms with Crippen LogP contribution < -0.4 is 15.5 Å². The summed E-state index contributed by atoms with van der Waals surface area (Å²) in [6, 6.07) is 9.79. The van der Waals surface area contributed by atoms with Gasteiger partial charge in [-0.25, -0.2) is 14.3 Å². The number of carbonyl (C=O) groups excluding carboxylic acids is 1. The molecule has 0 unspecified atom stereocenters. The molecule has 8 nitrogen and oxygen atoms in total. The lowest BCUT2D eigenvalue weighted by Crippen LogP contribution is -2.54. The van der Waals surface area contributed by atoms with Crippen LogP contribution in [0.25, 0.3) is 16.7 Å². The van der Waals surface area contributed by atoms with E-state index in [1.165, 1.54) is 12.5 Å². The van der Waals surface area contributed by atoms with Crippen LogP contribution >= 0.6 is 11.6 Å². The number of carbonyl (C=O) groups is 1. The molecule has 2 aliphatic rings. The minimum atomic E-state index is -0.378. The average Bonchev–Trinajstić information content (AvgIpc) is 2.92.